The number of aliphatic hydroxyl groups excluding tert-OH is 1. The third-order valence-corrected chi connectivity index (χ3v) is 9.97. The van der Waals surface area contributed by atoms with Gasteiger partial charge in [0.05, 0.1) is 40.9 Å². The zero-order valence-corrected chi connectivity index (χ0v) is 29.2. The van der Waals surface area contributed by atoms with Gasteiger partial charge in [-0.2, -0.15) is 0 Å². The number of hydrogen-bond donors (Lipinski definition) is 3. The van der Waals surface area contributed by atoms with Gasteiger partial charge in [0, 0.05) is 37.8 Å². The number of hydrogen-bond acceptors (Lipinski definition) is 8. The van der Waals surface area contributed by atoms with Crippen LogP contribution in [0.1, 0.15) is 66.3 Å². The molecule has 11 nitrogen and oxygen atoms in total. The molecule has 0 unspecified atom stereocenters. The van der Waals surface area contributed by atoms with Crippen LogP contribution in [0.4, 0.5) is 10.1 Å². The molecule has 0 bridgehead atoms. The number of amides is 1. The van der Waals surface area contributed by atoms with E-state index in [2.05, 4.69) is 9.62 Å². The molecule has 1 aliphatic heterocycles. The molecular weight excluding hydrogens is 653 g/mol. The number of anilines is 1. The first kappa shape index (κ1) is 37.8. The Balaban J connectivity index is 1.62. The Kier molecular flexibility index (Phi) is 13.2. The number of fused-ring (bicyclic) bond motifs is 1. The monoisotopic (exact) mass is 699 g/mol. The second-order valence-electron chi connectivity index (χ2n) is 12.8. The van der Waals surface area contributed by atoms with E-state index in [0.29, 0.717) is 31.9 Å². The highest BCUT2D eigenvalue weighted by Crippen LogP contribution is 2.29. The largest absolute Gasteiger partial charge is 0.490 e. The number of nitrogens with one attached hydrogen (secondary N) is 1. The number of carbonyl (C=O) groups is 2. The van der Waals surface area contributed by atoms with Gasteiger partial charge in [0.15, 0.2) is 0 Å². The average molecular weight is 700 g/mol. The van der Waals surface area contributed by atoms with Crippen molar-refractivity contribution in [3.8, 4) is 5.75 Å². The van der Waals surface area contributed by atoms with Gasteiger partial charge in [0.1, 0.15) is 11.6 Å². The van der Waals surface area contributed by atoms with Gasteiger partial charge in [0.2, 0.25) is 0 Å². The predicted molar refractivity (Wildman–Crippen MR) is 184 cm³/mol. The molecular formula is C36H46FN3O8S. The number of benzene rings is 3. The fourth-order valence-corrected chi connectivity index (χ4v) is 6.76. The van der Waals surface area contributed by atoms with Crippen molar-refractivity contribution >= 4 is 27.6 Å². The van der Waals surface area contributed by atoms with Crippen molar-refractivity contribution in [3.05, 3.63) is 89.2 Å². The molecule has 3 N–H and O–H groups in total. The van der Waals surface area contributed by atoms with E-state index in [9.17, 15) is 32.6 Å². The van der Waals surface area contributed by atoms with Crippen molar-refractivity contribution in [1.29, 1.82) is 0 Å². The molecule has 3 aromatic rings. The van der Waals surface area contributed by atoms with Crippen LogP contribution < -0.4 is 9.46 Å². The van der Waals surface area contributed by atoms with Crippen LogP contribution in [-0.2, 0) is 21.3 Å². The van der Waals surface area contributed by atoms with E-state index >= 15 is 0 Å². The van der Waals surface area contributed by atoms with Crippen molar-refractivity contribution in [2.45, 2.75) is 69.7 Å². The van der Waals surface area contributed by atoms with Crippen LogP contribution in [0.5, 0.6) is 5.75 Å². The lowest BCUT2D eigenvalue weighted by molar-refractivity contribution is -0.0177. The zero-order chi connectivity index (χ0) is 35.7. The van der Waals surface area contributed by atoms with Crippen LogP contribution in [-0.4, -0.2) is 91.9 Å². The number of carboxylic acid groups (broad SMARTS) is 1. The van der Waals surface area contributed by atoms with E-state index in [1.54, 1.807) is 42.2 Å². The predicted octanol–water partition coefficient (Wildman–Crippen LogP) is 5.25. The third-order valence-electron chi connectivity index (χ3n) is 8.57. The van der Waals surface area contributed by atoms with Crippen LogP contribution in [0.3, 0.4) is 0 Å². The maximum absolute atomic E-state index is 14.4. The Morgan fingerprint density at radius 2 is 1.78 bits per heavy atom. The first-order chi connectivity index (χ1) is 23.3. The summed E-state index contributed by atoms with van der Waals surface area (Å²) in [6.07, 6.45) is 1.77. The highest BCUT2D eigenvalue weighted by molar-refractivity contribution is 7.92. The minimum atomic E-state index is -4.09. The highest BCUT2D eigenvalue weighted by atomic mass is 32.2. The number of carbonyl (C=O) groups excluding carboxylic acids is 1. The van der Waals surface area contributed by atoms with Crippen LogP contribution in [0.2, 0.25) is 0 Å². The van der Waals surface area contributed by atoms with Gasteiger partial charge in [-0.05, 0) is 100 Å². The number of aliphatic hydroxyl groups is 1. The van der Waals surface area contributed by atoms with E-state index in [1.165, 1.54) is 12.1 Å². The quantitative estimate of drug-likeness (QED) is 0.258. The Morgan fingerprint density at radius 1 is 1.08 bits per heavy atom. The number of rotatable bonds is 10. The van der Waals surface area contributed by atoms with Gasteiger partial charge in [-0.25, -0.2) is 17.6 Å². The molecule has 0 saturated heterocycles. The maximum Gasteiger partial charge on any atom is 0.335 e. The molecule has 0 saturated carbocycles. The van der Waals surface area contributed by atoms with Crippen molar-refractivity contribution in [1.82, 2.24) is 9.80 Å². The summed E-state index contributed by atoms with van der Waals surface area (Å²) in [5, 5.41) is 19.4. The van der Waals surface area contributed by atoms with Crippen LogP contribution in [0, 0.1) is 11.7 Å². The van der Waals surface area contributed by atoms with E-state index in [1.807, 2.05) is 20.9 Å². The van der Waals surface area contributed by atoms with Crippen LogP contribution in [0.15, 0.2) is 71.6 Å². The molecule has 3 aromatic carbocycles. The smallest absolute Gasteiger partial charge is 0.335 e. The fraction of sp³-hybridized carbons (Fsp3) is 0.444. The van der Waals surface area contributed by atoms with Crippen molar-refractivity contribution in [3.63, 3.8) is 0 Å². The molecule has 4 rings (SSSR count). The molecule has 0 radical (unpaired) electrons. The molecule has 0 aromatic heterocycles. The number of sulfonamides is 1. The Morgan fingerprint density at radius 3 is 2.43 bits per heavy atom. The molecule has 49 heavy (non-hydrogen) atoms. The normalized spacial score (nSPS) is 20.2. The van der Waals surface area contributed by atoms with E-state index in [4.69, 9.17) is 9.47 Å². The highest BCUT2D eigenvalue weighted by Gasteiger charge is 2.31. The Bertz CT molecular complexity index is 1670. The third kappa shape index (κ3) is 10.5. The Labute approximate surface area is 287 Å². The molecule has 266 valence electrons. The summed E-state index contributed by atoms with van der Waals surface area (Å²) < 4.78 is 54.8. The standard InChI is InChI=1S/C36H46FN3O8S/c1-24-20-40(25(2)23-41)35(42)32-19-30(38-49(45,46)31-15-12-29(37)13-16-31)14-17-33(32)48-26(3)7-5-6-18-47-34(24)22-39(4)21-27-8-10-28(11-9-27)36(43)44/h8-17,19,24-26,34,38,41H,5-7,18,20-23H2,1-4H3,(H,43,44)/t24-,25-,26+,34-/m0/s1. The number of nitrogens with zero attached hydrogens (tertiary/aromatic N) is 2. The summed E-state index contributed by atoms with van der Waals surface area (Å²) in [5.74, 6) is -1.88. The van der Waals surface area contributed by atoms with E-state index < -0.39 is 33.8 Å². The Hall–Kier alpha value is -4.04. The summed E-state index contributed by atoms with van der Waals surface area (Å²) >= 11 is 0. The number of ether oxygens (including phenoxy) is 2. The van der Waals surface area contributed by atoms with Crippen LogP contribution >= 0.6 is 0 Å². The van der Waals surface area contributed by atoms with Gasteiger partial charge in [0.25, 0.3) is 15.9 Å². The minimum Gasteiger partial charge on any atom is -0.490 e. The summed E-state index contributed by atoms with van der Waals surface area (Å²) in [7, 11) is -2.14. The molecule has 1 amide bonds. The first-order valence-corrected chi connectivity index (χ1v) is 17.9. The topological polar surface area (TPSA) is 146 Å². The maximum atomic E-state index is 14.4. The van der Waals surface area contributed by atoms with Gasteiger partial charge < -0.3 is 24.6 Å². The number of halogens is 1. The van der Waals surface area contributed by atoms with Crippen LogP contribution in [0.25, 0.3) is 0 Å². The zero-order valence-electron chi connectivity index (χ0n) is 28.3. The molecule has 0 spiro atoms. The first-order valence-electron chi connectivity index (χ1n) is 16.4. The summed E-state index contributed by atoms with van der Waals surface area (Å²) in [5.41, 5.74) is 1.42. The average Bonchev–Trinajstić information content (AvgIpc) is 3.06. The summed E-state index contributed by atoms with van der Waals surface area (Å²) in [6.45, 7) is 7.16. The minimum absolute atomic E-state index is 0.123. The number of likely N-dealkylation sites (N-methyl/N-ethyl adjacent to an activating group) is 1. The lowest BCUT2D eigenvalue weighted by Crippen LogP contribution is -2.47. The lowest BCUT2D eigenvalue weighted by atomic mass is 10.0. The van der Waals surface area contributed by atoms with Gasteiger partial charge in [-0.15, -0.1) is 0 Å². The SMILES string of the molecule is C[C@@H]1CCCCO[C@@H](CN(C)Cc2ccc(C(=O)O)cc2)[C@@H](C)CN([C@@H](C)CO)C(=O)c2cc(NS(=O)(=O)c3ccc(F)cc3)ccc2O1. The van der Waals surface area contributed by atoms with E-state index in [-0.39, 0.29) is 53.0 Å². The fourth-order valence-electron chi connectivity index (χ4n) is 5.71. The second kappa shape index (κ2) is 17.1. The molecule has 1 heterocycles. The van der Waals surface area contributed by atoms with Gasteiger partial charge in [-0.3, -0.25) is 14.4 Å². The van der Waals surface area contributed by atoms with Crippen molar-refractivity contribution < 1.29 is 42.1 Å². The molecule has 0 aliphatic carbocycles. The van der Waals surface area contributed by atoms with E-state index in [0.717, 1.165) is 42.7 Å². The summed E-state index contributed by atoms with van der Waals surface area (Å²) in [6, 6.07) is 15.1. The van der Waals surface area contributed by atoms with Gasteiger partial charge >= 0.3 is 5.97 Å². The van der Waals surface area contributed by atoms with Gasteiger partial charge in [-0.1, -0.05) is 19.1 Å². The second-order valence-corrected chi connectivity index (χ2v) is 14.5. The van der Waals surface area contributed by atoms with Crippen molar-refractivity contribution in [2.24, 2.45) is 5.92 Å². The summed E-state index contributed by atoms with van der Waals surface area (Å²) in [4.78, 5) is 29.1. The molecule has 1 aliphatic rings. The van der Waals surface area contributed by atoms with Crippen molar-refractivity contribution in [2.75, 3.05) is 38.1 Å². The number of carboxylic acids is 1. The molecule has 0 fully saturated rings. The number of aromatic carboxylic acids is 1. The molecule has 13 heteroatoms. The molecule has 4 atom stereocenters. The lowest BCUT2D eigenvalue weighted by Gasteiger charge is -2.36.